The minimum Gasteiger partial charge on any atom is -0.390 e. The molecular formula is C10H15NOS. The summed E-state index contributed by atoms with van der Waals surface area (Å²) in [6.45, 7) is 4.29. The van der Waals surface area contributed by atoms with Gasteiger partial charge in [-0.3, -0.25) is 0 Å². The monoisotopic (exact) mass is 197 g/mol. The lowest BCUT2D eigenvalue weighted by molar-refractivity contribution is 0.152. The second-order valence-corrected chi connectivity index (χ2v) is 5.37. The van der Waals surface area contributed by atoms with Crippen LogP contribution in [0.1, 0.15) is 42.5 Å². The van der Waals surface area contributed by atoms with Gasteiger partial charge in [-0.25, -0.2) is 4.98 Å². The Labute approximate surface area is 82.6 Å². The molecule has 0 unspecified atom stereocenters. The summed E-state index contributed by atoms with van der Waals surface area (Å²) in [6.07, 6.45) is 4.64. The Hall–Kier alpha value is -0.410. The van der Waals surface area contributed by atoms with Crippen molar-refractivity contribution in [3.05, 3.63) is 16.1 Å². The van der Waals surface area contributed by atoms with Crippen molar-refractivity contribution in [2.45, 2.75) is 44.6 Å². The predicted octanol–water partition coefficient (Wildman–Crippen LogP) is 2.33. The molecule has 1 aromatic rings. The first-order chi connectivity index (χ1) is 6.09. The third kappa shape index (κ3) is 2.09. The maximum Gasteiger partial charge on any atom is 0.0953 e. The molecule has 3 heteroatoms. The number of nitrogens with zero attached hydrogens (tertiary/aromatic N) is 1. The highest BCUT2D eigenvalue weighted by Crippen LogP contribution is 2.39. The number of rotatable bonds is 3. The highest BCUT2D eigenvalue weighted by molar-refractivity contribution is 7.11. The Morgan fingerprint density at radius 2 is 2.31 bits per heavy atom. The van der Waals surface area contributed by atoms with Crippen LogP contribution in [0, 0.1) is 0 Å². The van der Waals surface area contributed by atoms with Crippen molar-refractivity contribution in [1.29, 1.82) is 0 Å². The van der Waals surface area contributed by atoms with Gasteiger partial charge >= 0.3 is 0 Å². The fourth-order valence-electron chi connectivity index (χ4n) is 1.32. The Kier molecular flexibility index (Phi) is 2.16. The fourth-order valence-corrected chi connectivity index (χ4v) is 2.37. The maximum atomic E-state index is 9.71. The van der Waals surface area contributed by atoms with Gasteiger partial charge in [0.1, 0.15) is 0 Å². The van der Waals surface area contributed by atoms with E-state index < -0.39 is 0 Å². The van der Waals surface area contributed by atoms with E-state index in [2.05, 4.69) is 18.8 Å². The van der Waals surface area contributed by atoms with Crippen LogP contribution >= 0.6 is 11.3 Å². The molecular weight excluding hydrogens is 182 g/mol. The summed E-state index contributed by atoms with van der Waals surface area (Å²) in [4.78, 5) is 5.56. The van der Waals surface area contributed by atoms with Gasteiger partial charge in [0, 0.05) is 23.4 Å². The van der Waals surface area contributed by atoms with Crippen molar-refractivity contribution in [3.63, 3.8) is 0 Å². The Morgan fingerprint density at radius 3 is 2.77 bits per heavy atom. The lowest BCUT2D eigenvalue weighted by atomic mass is 10.2. The quantitative estimate of drug-likeness (QED) is 0.806. The summed E-state index contributed by atoms with van der Waals surface area (Å²) in [5, 5.41) is 10.9. The van der Waals surface area contributed by atoms with Crippen molar-refractivity contribution < 1.29 is 5.11 Å². The number of thiazole rings is 1. The van der Waals surface area contributed by atoms with Gasteiger partial charge < -0.3 is 5.11 Å². The summed E-state index contributed by atoms with van der Waals surface area (Å²) >= 11 is 1.74. The van der Waals surface area contributed by atoms with Crippen LogP contribution in [0.5, 0.6) is 0 Å². The number of aromatic nitrogens is 1. The first-order valence-corrected chi connectivity index (χ1v) is 5.58. The third-order valence-electron chi connectivity index (χ3n) is 2.40. The molecule has 1 N–H and O–H groups in total. The van der Waals surface area contributed by atoms with Crippen LogP contribution in [0.4, 0.5) is 0 Å². The van der Waals surface area contributed by atoms with Crippen LogP contribution in [-0.2, 0) is 6.42 Å². The predicted molar refractivity (Wildman–Crippen MR) is 54.1 cm³/mol. The van der Waals surface area contributed by atoms with Gasteiger partial charge in [0.05, 0.1) is 10.6 Å². The SMILES string of the molecule is CC(C)c1ncc(CC2(O)CC2)s1. The van der Waals surface area contributed by atoms with E-state index >= 15 is 0 Å². The van der Waals surface area contributed by atoms with Gasteiger partial charge in [-0.1, -0.05) is 13.8 Å². The number of hydrogen-bond donors (Lipinski definition) is 1. The second kappa shape index (κ2) is 3.07. The van der Waals surface area contributed by atoms with E-state index in [-0.39, 0.29) is 5.60 Å². The Balaban J connectivity index is 2.05. The average Bonchev–Trinajstić information content (AvgIpc) is 2.62. The zero-order chi connectivity index (χ0) is 9.47. The maximum absolute atomic E-state index is 9.71. The number of hydrogen-bond acceptors (Lipinski definition) is 3. The molecule has 2 rings (SSSR count). The zero-order valence-electron chi connectivity index (χ0n) is 8.08. The summed E-state index contributed by atoms with van der Waals surface area (Å²) in [5.41, 5.74) is -0.374. The van der Waals surface area contributed by atoms with E-state index in [9.17, 15) is 5.11 Å². The highest BCUT2D eigenvalue weighted by Gasteiger charge is 2.40. The van der Waals surface area contributed by atoms with E-state index in [1.165, 1.54) is 9.88 Å². The molecule has 1 saturated carbocycles. The molecule has 1 aliphatic carbocycles. The zero-order valence-corrected chi connectivity index (χ0v) is 8.90. The van der Waals surface area contributed by atoms with Crippen LogP contribution in [0.3, 0.4) is 0 Å². The van der Waals surface area contributed by atoms with Gasteiger partial charge in [-0.15, -0.1) is 11.3 Å². The molecule has 1 aromatic heterocycles. The molecule has 13 heavy (non-hydrogen) atoms. The van der Waals surface area contributed by atoms with Crippen LogP contribution < -0.4 is 0 Å². The van der Waals surface area contributed by atoms with Gasteiger partial charge in [-0.2, -0.15) is 0 Å². The fraction of sp³-hybridized carbons (Fsp3) is 0.700. The molecule has 0 amide bonds. The van der Waals surface area contributed by atoms with Crippen molar-refractivity contribution in [3.8, 4) is 0 Å². The second-order valence-electron chi connectivity index (χ2n) is 4.22. The van der Waals surface area contributed by atoms with Crippen LogP contribution in [0.15, 0.2) is 6.20 Å². The molecule has 0 spiro atoms. The summed E-state index contributed by atoms with van der Waals surface area (Å²) in [7, 11) is 0. The highest BCUT2D eigenvalue weighted by atomic mass is 32.1. The average molecular weight is 197 g/mol. The minimum absolute atomic E-state index is 0.374. The van der Waals surface area contributed by atoms with E-state index in [4.69, 9.17) is 0 Å². The van der Waals surface area contributed by atoms with Crippen LogP contribution in [0.25, 0.3) is 0 Å². The van der Waals surface area contributed by atoms with Gasteiger partial charge in [0.15, 0.2) is 0 Å². The summed E-state index contributed by atoms with van der Waals surface area (Å²) < 4.78 is 0. The largest absolute Gasteiger partial charge is 0.390 e. The van der Waals surface area contributed by atoms with Gasteiger partial charge in [-0.05, 0) is 12.8 Å². The van der Waals surface area contributed by atoms with E-state index in [0.29, 0.717) is 5.92 Å². The van der Waals surface area contributed by atoms with E-state index in [0.717, 1.165) is 19.3 Å². The van der Waals surface area contributed by atoms with Crippen LogP contribution in [0.2, 0.25) is 0 Å². The normalized spacial score (nSPS) is 19.4. The molecule has 0 aromatic carbocycles. The first-order valence-electron chi connectivity index (χ1n) is 4.76. The topological polar surface area (TPSA) is 33.1 Å². The molecule has 2 nitrogen and oxygen atoms in total. The van der Waals surface area contributed by atoms with Crippen molar-refractivity contribution in [1.82, 2.24) is 4.98 Å². The summed E-state index contributed by atoms with van der Waals surface area (Å²) in [6, 6.07) is 0. The lowest BCUT2D eigenvalue weighted by Crippen LogP contribution is -2.09. The van der Waals surface area contributed by atoms with Gasteiger partial charge in [0.25, 0.3) is 0 Å². The number of aliphatic hydroxyl groups is 1. The molecule has 1 aliphatic rings. The molecule has 72 valence electrons. The van der Waals surface area contributed by atoms with Crippen molar-refractivity contribution in [2.24, 2.45) is 0 Å². The standard InChI is InChI=1S/C10H15NOS/c1-7(2)9-11-6-8(13-9)5-10(12)3-4-10/h6-7,12H,3-5H2,1-2H3. The molecule has 0 radical (unpaired) electrons. The molecule has 1 fully saturated rings. The molecule has 0 saturated heterocycles. The van der Waals surface area contributed by atoms with E-state index in [1.807, 2.05) is 6.20 Å². The smallest absolute Gasteiger partial charge is 0.0953 e. The Bertz CT molecular complexity index is 302. The lowest BCUT2D eigenvalue weighted by Gasteiger charge is -2.02. The van der Waals surface area contributed by atoms with Crippen LogP contribution in [-0.4, -0.2) is 15.7 Å². The molecule has 1 heterocycles. The van der Waals surface area contributed by atoms with Gasteiger partial charge in [0.2, 0.25) is 0 Å². The van der Waals surface area contributed by atoms with Crippen molar-refractivity contribution >= 4 is 11.3 Å². The van der Waals surface area contributed by atoms with Crippen molar-refractivity contribution in [2.75, 3.05) is 0 Å². The van der Waals surface area contributed by atoms with E-state index in [1.54, 1.807) is 11.3 Å². The first kappa shape index (κ1) is 9.16. The Morgan fingerprint density at radius 1 is 1.62 bits per heavy atom. The molecule has 0 bridgehead atoms. The minimum atomic E-state index is -0.374. The summed E-state index contributed by atoms with van der Waals surface area (Å²) in [5.74, 6) is 0.507. The third-order valence-corrected chi connectivity index (χ3v) is 3.69. The molecule has 0 aliphatic heterocycles. The molecule has 0 atom stereocenters.